The maximum atomic E-state index is 13.1. The number of nitrogens with two attached hydrogens (primary N) is 1. The second kappa shape index (κ2) is 6.99. The minimum atomic E-state index is -1.02. The summed E-state index contributed by atoms with van der Waals surface area (Å²) in [5, 5.41) is 17.3. The van der Waals surface area contributed by atoms with Crippen LogP contribution in [-0.4, -0.2) is 22.9 Å². The number of halogens is 1. The number of hydrogen-bond donors (Lipinski definition) is 2. The van der Waals surface area contributed by atoms with Crippen LogP contribution in [0.2, 0.25) is 0 Å². The van der Waals surface area contributed by atoms with E-state index in [-0.39, 0.29) is 5.56 Å². The van der Waals surface area contributed by atoms with Crippen LogP contribution in [0.15, 0.2) is 18.2 Å². The highest BCUT2D eigenvalue weighted by molar-refractivity contribution is 7.98. The van der Waals surface area contributed by atoms with E-state index >= 15 is 0 Å². The van der Waals surface area contributed by atoms with Crippen molar-refractivity contribution in [1.82, 2.24) is 0 Å². The molecule has 0 spiro atoms. The molecule has 3 N–H and O–H groups in total. The predicted octanol–water partition coefficient (Wildman–Crippen LogP) is 1.73. The number of benzene rings is 1. The van der Waals surface area contributed by atoms with Gasteiger partial charge in [-0.25, -0.2) is 4.39 Å². The van der Waals surface area contributed by atoms with Gasteiger partial charge in [0.05, 0.1) is 11.6 Å². The second-order valence-corrected chi connectivity index (χ2v) is 4.85. The molecule has 0 bridgehead atoms. The van der Waals surface area contributed by atoms with E-state index in [9.17, 15) is 9.18 Å². The highest BCUT2D eigenvalue weighted by Gasteiger charge is 2.10. The van der Waals surface area contributed by atoms with Crippen LogP contribution in [0.4, 0.5) is 4.39 Å². The lowest BCUT2D eigenvalue weighted by Gasteiger charge is -2.06. The van der Waals surface area contributed by atoms with Crippen molar-refractivity contribution in [3.63, 3.8) is 0 Å². The summed E-state index contributed by atoms with van der Waals surface area (Å²) in [7, 11) is 0. The molecule has 0 saturated carbocycles. The molecular weight excluding hydrogens is 255 g/mol. The molecule has 0 aromatic heterocycles. The van der Waals surface area contributed by atoms with E-state index in [2.05, 4.69) is 0 Å². The number of carboxylic acid groups (broad SMARTS) is 1. The molecule has 1 unspecified atom stereocenters. The minimum absolute atomic E-state index is 0.285. The van der Waals surface area contributed by atoms with Crippen LogP contribution in [0.1, 0.15) is 17.5 Å². The Balaban J connectivity index is 2.42. The van der Waals surface area contributed by atoms with E-state index in [1.54, 1.807) is 6.07 Å². The fraction of sp³-hybridized carbons (Fsp3) is 0.333. The van der Waals surface area contributed by atoms with E-state index in [1.807, 2.05) is 6.07 Å². The molecule has 0 radical (unpaired) electrons. The molecule has 96 valence electrons. The number of thioether (sulfide) groups is 1. The summed E-state index contributed by atoms with van der Waals surface area (Å²) < 4.78 is 13.1. The fourth-order valence-electron chi connectivity index (χ4n) is 1.32. The molecule has 0 aliphatic rings. The van der Waals surface area contributed by atoms with Crippen molar-refractivity contribution in [2.75, 3.05) is 5.75 Å². The fourth-order valence-corrected chi connectivity index (χ4v) is 2.29. The third-order valence-electron chi connectivity index (χ3n) is 2.25. The lowest BCUT2D eigenvalue weighted by Crippen LogP contribution is -2.30. The van der Waals surface area contributed by atoms with Crippen molar-refractivity contribution in [2.24, 2.45) is 5.73 Å². The van der Waals surface area contributed by atoms with Crippen molar-refractivity contribution in [3.05, 3.63) is 35.1 Å². The van der Waals surface area contributed by atoms with E-state index in [4.69, 9.17) is 16.1 Å². The molecule has 6 heteroatoms. The summed E-state index contributed by atoms with van der Waals surface area (Å²) >= 11 is 1.46. The lowest BCUT2D eigenvalue weighted by molar-refractivity contribution is -0.138. The van der Waals surface area contributed by atoms with Crippen molar-refractivity contribution in [2.45, 2.75) is 18.2 Å². The van der Waals surface area contributed by atoms with Crippen molar-refractivity contribution in [1.29, 1.82) is 5.26 Å². The Morgan fingerprint density at radius 2 is 2.28 bits per heavy atom. The van der Waals surface area contributed by atoms with Crippen molar-refractivity contribution >= 4 is 17.7 Å². The SMILES string of the molecule is N#Cc1cc(F)cc(CSCCC(N)C(=O)O)c1. The molecule has 0 fully saturated rings. The first kappa shape index (κ1) is 14.5. The van der Waals surface area contributed by atoms with Gasteiger partial charge in [0.15, 0.2) is 0 Å². The van der Waals surface area contributed by atoms with E-state index in [1.165, 1.54) is 23.9 Å². The van der Waals surface area contributed by atoms with Gasteiger partial charge in [-0.2, -0.15) is 17.0 Å². The van der Waals surface area contributed by atoms with Gasteiger partial charge >= 0.3 is 5.97 Å². The summed E-state index contributed by atoms with van der Waals surface area (Å²) in [6.07, 6.45) is 0.362. The molecule has 18 heavy (non-hydrogen) atoms. The predicted molar refractivity (Wildman–Crippen MR) is 67.5 cm³/mol. The average molecular weight is 268 g/mol. The molecule has 0 aliphatic carbocycles. The first-order valence-electron chi connectivity index (χ1n) is 5.28. The van der Waals surface area contributed by atoms with Gasteiger partial charge in [-0.3, -0.25) is 4.79 Å². The van der Waals surface area contributed by atoms with Gasteiger partial charge in [0, 0.05) is 5.75 Å². The van der Waals surface area contributed by atoms with E-state index in [0.717, 1.165) is 0 Å². The van der Waals surface area contributed by atoms with Gasteiger partial charge in [0.25, 0.3) is 0 Å². The number of carboxylic acids is 1. The number of nitrogens with zero attached hydrogens (tertiary/aromatic N) is 1. The second-order valence-electron chi connectivity index (χ2n) is 3.75. The third kappa shape index (κ3) is 4.73. The molecule has 1 aromatic carbocycles. The molecule has 0 amide bonds. The zero-order valence-electron chi connectivity index (χ0n) is 9.60. The van der Waals surface area contributed by atoms with Gasteiger partial charge in [-0.1, -0.05) is 0 Å². The normalized spacial score (nSPS) is 11.8. The summed E-state index contributed by atoms with van der Waals surface area (Å²) in [6.45, 7) is 0. The standard InChI is InChI=1S/C12H13FN2O2S/c13-10-4-8(6-14)3-9(5-10)7-18-2-1-11(15)12(16)17/h3-5,11H,1-2,7,15H2,(H,16,17). The smallest absolute Gasteiger partial charge is 0.320 e. The minimum Gasteiger partial charge on any atom is -0.480 e. The summed E-state index contributed by atoms with van der Waals surface area (Å²) in [6, 6.07) is 5.18. The number of nitriles is 1. The molecule has 1 rings (SSSR count). The molecule has 0 aliphatic heterocycles. The maximum absolute atomic E-state index is 13.1. The van der Waals surface area contributed by atoms with E-state index < -0.39 is 17.8 Å². The lowest BCUT2D eigenvalue weighted by atomic mass is 10.1. The van der Waals surface area contributed by atoms with Gasteiger partial charge in [-0.15, -0.1) is 0 Å². The van der Waals surface area contributed by atoms with Crippen molar-refractivity contribution < 1.29 is 14.3 Å². The molecule has 4 nitrogen and oxygen atoms in total. The Morgan fingerprint density at radius 3 is 2.89 bits per heavy atom. The van der Waals surface area contributed by atoms with Crippen LogP contribution in [-0.2, 0) is 10.5 Å². The van der Waals surface area contributed by atoms with Crippen LogP contribution in [0.25, 0.3) is 0 Å². The Hall–Kier alpha value is -1.58. The summed E-state index contributed by atoms with van der Waals surface area (Å²) in [4.78, 5) is 10.5. The third-order valence-corrected chi connectivity index (χ3v) is 3.31. The molecule has 1 atom stereocenters. The quantitative estimate of drug-likeness (QED) is 0.767. The molecule has 1 aromatic rings. The van der Waals surface area contributed by atoms with Crippen LogP contribution < -0.4 is 5.73 Å². The topological polar surface area (TPSA) is 87.1 Å². The Bertz CT molecular complexity index is 474. The largest absolute Gasteiger partial charge is 0.480 e. The molecular formula is C12H13FN2O2S. The summed E-state index contributed by atoms with van der Waals surface area (Å²) in [5.74, 6) is -0.356. The Morgan fingerprint density at radius 1 is 1.56 bits per heavy atom. The average Bonchev–Trinajstić information content (AvgIpc) is 2.33. The van der Waals surface area contributed by atoms with Crippen LogP contribution in [0, 0.1) is 17.1 Å². The van der Waals surface area contributed by atoms with Gasteiger partial charge in [-0.05, 0) is 35.9 Å². The van der Waals surface area contributed by atoms with Gasteiger partial charge < -0.3 is 10.8 Å². The maximum Gasteiger partial charge on any atom is 0.320 e. The first-order valence-corrected chi connectivity index (χ1v) is 6.44. The Labute approximate surface area is 109 Å². The Kier molecular flexibility index (Phi) is 5.62. The van der Waals surface area contributed by atoms with Crippen LogP contribution in [0.3, 0.4) is 0 Å². The van der Waals surface area contributed by atoms with Crippen LogP contribution >= 0.6 is 11.8 Å². The molecule has 0 heterocycles. The van der Waals surface area contributed by atoms with Gasteiger partial charge in [0.2, 0.25) is 0 Å². The first-order chi connectivity index (χ1) is 8.52. The van der Waals surface area contributed by atoms with Crippen LogP contribution in [0.5, 0.6) is 0 Å². The highest BCUT2D eigenvalue weighted by Crippen LogP contribution is 2.16. The zero-order chi connectivity index (χ0) is 13.5. The van der Waals surface area contributed by atoms with E-state index in [0.29, 0.717) is 23.5 Å². The monoisotopic (exact) mass is 268 g/mol. The number of hydrogen-bond acceptors (Lipinski definition) is 4. The number of rotatable bonds is 6. The summed E-state index contributed by atoms with van der Waals surface area (Å²) in [5.41, 5.74) is 6.34. The van der Waals surface area contributed by atoms with Gasteiger partial charge in [0.1, 0.15) is 11.9 Å². The zero-order valence-corrected chi connectivity index (χ0v) is 10.4. The highest BCUT2D eigenvalue weighted by atomic mass is 32.2. The number of aliphatic carboxylic acids is 1. The number of carbonyl (C=O) groups is 1. The molecule has 0 saturated heterocycles. The van der Waals surface area contributed by atoms with Crippen molar-refractivity contribution in [3.8, 4) is 6.07 Å².